The maximum absolute atomic E-state index is 4.45. The quantitative estimate of drug-likeness (QED) is 0.571. The van der Waals surface area contributed by atoms with Crippen molar-refractivity contribution in [1.29, 1.82) is 0 Å². The third kappa shape index (κ3) is 1.87. The van der Waals surface area contributed by atoms with Crippen molar-refractivity contribution in [3.8, 4) is 0 Å². The topological polar surface area (TPSA) is 15.6 Å². The van der Waals surface area contributed by atoms with Gasteiger partial charge < -0.3 is 0 Å². The molecule has 1 aliphatic carbocycles. The van der Waals surface area contributed by atoms with Crippen LogP contribution in [0.1, 0.15) is 32.1 Å². The predicted octanol–water partition coefficient (Wildman–Crippen LogP) is 2.18. The normalized spacial score (nSPS) is 24.0. The molecule has 2 aliphatic rings. The van der Waals surface area contributed by atoms with Crippen LogP contribution < -0.4 is 0 Å². The Labute approximate surface area is 73.9 Å². The highest BCUT2D eigenvalue weighted by Crippen LogP contribution is 2.16. The first-order valence-corrected chi connectivity index (χ1v) is 4.93. The summed E-state index contributed by atoms with van der Waals surface area (Å²) in [5, 5.41) is 6.62. The molecule has 66 valence electrons. The van der Waals surface area contributed by atoms with Crippen LogP contribution in [0.4, 0.5) is 0 Å². The van der Waals surface area contributed by atoms with Gasteiger partial charge in [-0.05, 0) is 37.7 Å². The largest absolute Gasteiger partial charge is 0.297 e. The fourth-order valence-electron chi connectivity index (χ4n) is 1.78. The van der Waals surface area contributed by atoms with Crippen LogP contribution in [0, 0.1) is 0 Å². The van der Waals surface area contributed by atoms with Crippen molar-refractivity contribution in [3.63, 3.8) is 0 Å². The Balaban J connectivity index is 1.83. The Bertz CT molecular complexity index is 200. The lowest BCUT2D eigenvalue weighted by Gasteiger charge is -2.08. The highest BCUT2D eigenvalue weighted by Gasteiger charge is 2.08. The molecule has 2 nitrogen and oxygen atoms in total. The molecule has 0 amide bonds. The molecule has 1 saturated heterocycles. The summed E-state index contributed by atoms with van der Waals surface area (Å²) >= 11 is 0. The smallest absolute Gasteiger partial charge is 0.0499 e. The van der Waals surface area contributed by atoms with E-state index in [4.69, 9.17) is 0 Å². The molecule has 0 unspecified atom stereocenters. The van der Waals surface area contributed by atoms with Gasteiger partial charge in [0.15, 0.2) is 0 Å². The molecule has 0 atom stereocenters. The minimum atomic E-state index is 1.16. The molecule has 0 bridgehead atoms. The van der Waals surface area contributed by atoms with E-state index in [0.29, 0.717) is 0 Å². The van der Waals surface area contributed by atoms with E-state index in [2.05, 4.69) is 22.4 Å². The van der Waals surface area contributed by atoms with E-state index >= 15 is 0 Å². The molecule has 1 fully saturated rings. The van der Waals surface area contributed by atoms with Gasteiger partial charge >= 0.3 is 0 Å². The molecular weight excluding hydrogens is 148 g/mol. The number of nitrogens with zero attached hydrogens (tertiary/aromatic N) is 2. The maximum atomic E-state index is 4.45. The Hall–Kier alpha value is -0.790. The summed E-state index contributed by atoms with van der Waals surface area (Å²) < 4.78 is 0. The summed E-state index contributed by atoms with van der Waals surface area (Å²) in [7, 11) is 0. The fraction of sp³-hybridized carbons (Fsp3) is 0.700. The van der Waals surface area contributed by atoms with Crippen LogP contribution in [0.5, 0.6) is 0 Å². The van der Waals surface area contributed by atoms with Gasteiger partial charge in [-0.25, -0.2) is 0 Å². The van der Waals surface area contributed by atoms with Gasteiger partial charge in [-0.1, -0.05) is 6.08 Å². The zero-order valence-corrected chi connectivity index (χ0v) is 7.50. The SMILES string of the molecule is C1=C(/C=N/N2CCCC2)CCC1. The number of rotatable bonds is 2. The van der Waals surface area contributed by atoms with Crippen molar-refractivity contribution < 1.29 is 0 Å². The minimum Gasteiger partial charge on any atom is -0.297 e. The van der Waals surface area contributed by atoms with Gasteiger partial charge in [0, 0.05) is 19.3 Å². The Morgan fingerprint density at radius 1 is 1.25 bits per heavy atom. The lowest BCUT2D eigenvalue weighted by Crippen LogP contribution is -2.11. The monoisotopic (exact) mass is 164 g/mol. The second-order valence-corrected chi connectivity index (χ2v) is 3.58. The first-order valence-electron chi connectivity index (χ1n) is 4.93. The van der Waals surface area contributed by atoms with E-state index in [9.17, 15) is 0 Å². The average Bonchev–Trinajstić information content (AvgIpc) is 2.74. The molecule has 2 heteroatoms. The van der Waals surface area contributed by atoms with Gasteiger partial charge in [-0.3, -0.25) is 5.01 Å². The van der Waals surface area contributed by atoms with Crippen LogP contribution in [0.15, 0.2) is 16.8 Å². The van der Waals surface area contributed by atoms with E-state index in [1.807, 2.05) is 0 Å². The predicted molar refractivity (Wildman–Crippen MR) is 51.2 cm³/mol. The van der Waals surface area contributed by atoms with E-state index in [1.54, 1.807) is 0 Å². The summed E-state index contributed by atoms with van der Waals surface area (Å²) in [6, 6.07) is 0. The number of allylic oxidation sites excluding steroid dienone is 2. The second-order valence-electron chi connectivity index (χ2n) is 3.58. The third-order valence-corrected chi connectivity index (χ3v) is 2.55. The Kier molecular flexibility index (Phi) is 2.45. The van der Waals surface area contributed by atoms with Crippen LogP contribution in [0.25, 0.3) is 0 Å². The summed E-state index contributed by atoms with van der Waals surface area (Å²) in [4.78, 5) is 0. The zero-order chi connectivity index (χ0) is 8.23. The summed E-state index contributed by atoms with van der Waals surface area (Å²) in [5.74, 6) is 0. The Morgan fingerprint density at radius 2 is 2.08 bits per heavy atom. The highest BCUT2D eigenvalue weighted by atomic mass is 15.5. The molecular formula is C10H16N2. The zero-order valence-electron chi connectivity index (χ0n) is 7.50. The molecule has 0 aromatic rings. The summed E-state index contributed by atoms with van der Waals surface area (Å²) in [5.41, 5.74) is 1.43. The van der Waals surface area contributed by atoms with Crippen molar-refractivity contribution in [3.05, 3.63) is 11.6 Å². The molecule has 1 aliphatic heterocycles. The first kappa shape index (κ1) is 7.84. The van der Waals surface area contributed by atoms with Crippen molar-refractivity contribution in [2.24, 2.45) is 5.10 Å². The lowest BCUT2D eigenvalue weighted by atomic mass is 10.3. The molecule has 0 radical (unpaired) electrons. The molecule has 0 aromatic carbocycles. The molecule has 0 saturated carbocycles. The van der Waals surface area contributed by atoms with Crippen LogP contribution in [0.2, 0.25) is 0 Å². The number of hydrazone groups is 1. The van der Waals surface area contributed by atoms with E-state index in [0.717, 1.165) is 13.1 Å². The summed E-state index contributed by atoms with van der Waals surface area (Å²) in [6.07, 6.45) is 10.8. The van der Waals surface area contributed by atoms with Crippen LogP contribution >= 0.6 is 0 Å². The number of hydrogen-bond donors (Lipinski definition) is 0. The fourth-order valence-corrected chi connectivity index (χ4v) is 1.78. The van der Waals surface area contributed by atoms with E-state index in [1.165, 1.54) is 37.7 Å². The number of hydrogen-bond acceptors (Lipinski definition) is 2. The Morgan fingerprint density at radius 3 is 2.75 bits per heavy atom. The highest BCUT2D eigenvalue weighted by molar-refractivity contribution is 5.78. The lowest BCUT2D eigenvalue weighted by molar-refractivity contribution is 0.362. The van der Waals surface area contributed by atoms with E-state index < -0.39 is 0 Å². The standard InChI is InChI=1S/C10H16N2/c1-2-6-10(5-1)9-11-12-7-3-4-8-12/h5,9H,1-4,6-8H2/b11-9+. The molecule has 2 rings (SSSR count). The van der Waals surface area contributed by atoms with Gasteiger partial charge in [-0.15, -0.1) is 0 Å². The second kappa shape index (κ2) is 3.74. The van der Waals surface area contributed by atoms with Gasteiger partial charge in [0.2, 0.25) is 0 Å². The van der Waals surface area contributed by atoms with E-state index in [-0.39, 0.29) is 0 Å². The molecule has 0 spiro atoms. The van der Waals surface area contributed by atoms with Gasteiger partial charge in [0.25, 0.3) is 0 Å². The van der Waals surface area contributed by atoms with Gasteiger partial charge in [-0.2, -0.15) is 5.10 Å². The molecule has 1 heterocycles. The van der Waals surface area contributed by atoms with Crippen molar-refractivity contribution in [2.45, 2.75) is 32.1 Å². The van der Waals surface area contributed by atoms with Crippen LogP contribution in [-0.4, -0.2) is 24.3 Å². The van der Waals surface area contributed by atoms with Crippen molar-refractivity contribution >= 4 is 6.21 Å². The van der Waals surface area contributed by atoms with Crippen LogP contribution in [-0.2, 0) is 0 Å². The molecule has 0 N–H and O–H groups in total. The maximum Gasteiger partial charge on any atom is 0.0499 e. The molecule has 0 aromatic heterocycles. The first-order chi connectivity index (χ1) is 5.95. The van der Waals surface area contributed by atoms with Crippen LogP contribution in [0.3, 0.4) is 0 Å². The average molecular weight is 164 g/mol. The minimum absolute atomic E-state index is 1.16. The summed E-state index contributed by atoms with van der Waals surface area (Å²) in [6.45, 7) is 2.31. The van der Waals surface area contributed by atoms with Crippen molar-refractivity contribution in [2.75, 3.05) is 13.1 Å². The van der Waals surface area contributed by atoms with Gasteiger partial charge in [0.1, 0.15) is 0 Å². The van der Waals surface area contributed by atoms with Crippen molar-refractivity contribution in [1.82, 2.24) is 5.01 Å². The molecule has 12 heavy (non-hydrogen) atoms. The third-order valence-electron chi connectivity index (χ3n) is 2.55. The van der Waals surface area contributed by atoms with Gasteiger partial charge in [0.05, 0.1) is 0 Å².